The van der Waals surface area contributed by atoms with Crippen molar-refractivity contribution >= 4 is 32.2 Å². The van der Waals surface area contributed by atoms with Gasteiger partial charge >= 0.3 is 0 Å². The van der Waals surface area contributed by atoms with E-state index in [0.717, 1.165) is 26.3 Å². The van der Waals surface area contributed by atoms with E-state index in [4.69, 9.17) is 0 Å². The molecule has 2 heterocycles. The number of hydrogen-bond acceptors (Lipinski definition) is 4. The standard InChI is InChI=1S/C16H10BrN3OS/c17-12-6-4-10(5-7-12)14-9-22-16-18-15(19-20(14)16)11-2-1-3-13(21)8-11/h1-9,21H. The normalized spacial score (nSPS) is 11.1. The van der Waals surface area contributed by atoms with Crippen molar-refractivity contribution in [3.8, 4) is 28.4 Å². The Balaban J connectivity index is 1.84. The number of fused-ring (bicyclic) bond motifs is 1. The highest BCUT2D eigenvalue weighted by molar-refractivity contribution is 9.10. The first-order valence-corrected chi connectivity index (χ1v) is 8.27. The van der Waals surface area contributed by atoms with Crippen molar-refractivity contribution in [2.75, 3.05) is 0 Å². The summed E-state index contributed by atoms with van der Waals surface area (Å²) in [5, 5.41) is 16.2. The number of thiazole rings is 1. The molecule has 4 nitrogen and oxygen atoms in total. The SMILES string of the molecule is Oc1cccc(-c2nc3scc(-c4ccc(Br)cc4)n3n2)c1. The fraction of sp³-hybridized carbons (Fsp3) is 0. The summed E-state index contributed by atoms with van der Waals surface area (Å²) < 4.78 is 2.88. The number of aromatic nitrogens is 3. The van der Waals surface area contributed by atoms with E-state index >= 15 is 0 Å². The monoisotopic (exact) mass is 371 g/mol. The summed E-state index contributed by atoms with van der Waals surface area (Å²) in [7, 11) is 0. The smallest absolute Gasteiger partial charge is 0.213 e. The van der Waals surface area contributed by atoms with Gasteiger partial charge < -0.3 is 5.11 Å². The molecule has 0 aliphatic rings. The first-order chi connectivity index (χ1) is 10.7. The van der Waals surface area contributed by atoms with E-state index in [9.17, 15) is 5.11 Å². The number of aromatic hydroxyl groups is 1. The number of hydrogen-bond donors (Lipinski definition) is 1. The zero-order valence-corrected chi connectivity index (χ0v) is 13.7. The van der Waals surface area contributed by atoms with Gasteiger partial charge in [0.2, 0.25) is 4.96 Å². The third-order valence-electron chi connectivity index (χ3n) is 3.33. The van der Waals surface area contributed by atoms with Crippen molar-refractivity contribution in [3.05, 3.63) is 58.4 Å². The topological polar surface area (TPSA) is 50.4 Å². The molecule has 0 radical (unpaired) electrons. The van der Waals surface area contributed by atoms with Gasteiger partial charge in [0, 0.05) is 21.0 Å². The number of benzene rings is 2. The van der Waals surface area contributed by atoms with Crippen molar-refractivity contribution in [2.24, 2.45) is 0 Å². The van der Waals surface area contributed by atoms with Gasteiger partial charge in [0.15, 0.2) is 5.82 Å². The van der Waals surface area contributed by atoms with Gasteiger partial charge in [-0.1, -0.05) is 40.2 Å². The van der Waals surface area contributed by atoms with Crippen LogP contribution in [0, 0.1) is 0 Å². The Labute approximate surface area is 138 Å². The minimum absolute atomic E-state index is 0.212. The fourth-order valence-corrected chi connectivity index (χ4v) is 3.36. The molecule has 2 aromatic heterocycles. The average Bonchev–Trinajstić information content (AvgIpc) is 3.08. The van der Waals surface area contributed by atoms with E-state index in [1.165, 1.54) is 0 Å². The molecule has 4 rings (SSSR count). The highest BCUT2D eigenvalue weighted by Crippen LogP contribution is 2.28. The highest BCUT2D eigenvalue weighted by atomic mass is 79.9. The number of nitrogens with zero attached hydrogens (tertiary/aromatic N) is 3. The second-order valence-corrected chi connectivity index (χ2v) is 6.56. The molecular formula is C16H10BrN3OS. The van der Waals surface area contributed by atoms with Gasteiger partial charge in [0.1, 0.15) is 5.75 Å². The molecule has 0 spiro atoms. The Hall–Kier alpha value is -2.18. The molecule has 0 saturated heterocycles. The molecule has 0 fully saturated rings. The zero-order chi connectivity index (χ0) is 15.1. The van der Waals surface area contributed by atoms with Crippen molar-refractivity contribution in [3.63, 3.8) is 0 Å². The number of halogens is 1. The maximum atomic E-state index is 9.59. The van der Waals surface area contributed by atoms with Crippen LogP contribution in [0.1, 0.15) is 0 Å². The van der Waals surface area contributed by atoms with Crippen molar-refractivity contribution in [1.29, 1.82) is 0 Å². The van der Waals surface area contributed by atoms with E-state index in [-0.39, 0.29) is 5.75 Å². The van der Waals surface area contributed by atoms with Crippen molar-refractivity contribution in [1.82, 2.24) is 14.6 Å². The van der Waals surface area contributed by atoms with Crippen LogP contribution in [0.5, 0.6) is 5.75 Å². The molecule has 0 saturated carbocycles. The number of rotatable bonds is 2. The summed E-state index contributed by atoms with van der Waals surface area (Å²) in [5.74, 6) is 0.824. The minimum Gasteiger partial charge on any atom is -0.508 e. The van der Waals surface area contributed by atoms with Crippen molar-refractivity contribution < 1.29 is 5.11 Å². The predicted molar refractivity (Wildman–Crippen MR) is 91.1 cm³/mol. The first kappa shape index (κ1) is 13.5. The summed E-state index contributed by atoms with van der Waals surface area (Å²) in [6, 6.07) is 15.1. The van der Waals surface area contributed by atoms with Gasteiger partial charge in [-0.05, 0) is 24.3 Å². The maximum Gasteiger partial charge on any atom is 0.213 e. The van der Waals surface area contributed by atoms with Crippen LogP contribution >= 0.6 is 27.3 Å². The van der Waals surface area contributed by atoms with Gasteiger partial charge in [0.25, 0.3) is 0 Å². The lowest BCUT2D eigenvalue weighted by Gasteiger charge is -1.99. The minimum atomic E-state index is 0.212. The molecule has 2 aromatic carbocycles. The molecule has 0 aliphatic heterocycles. The number of phenolic OH excluding ortho intramolecular Hbond substituents is 1. The second kappa shape index (κ2) is 5.23. The molecule has 1 N–H and O–H groups in total. The van der Waals surface area contributed by atoms with Gasteiger partial charge in [-0.2, -0.15) is 4.98 Å². The van der Waals surface area contributed by atoms with Crippen LogP contribution in [0.25, 0.3) is 27.6 Å². The highest BCUT2D eigenvalue weighted by Gasteiger charge is 2.13. The van der Waals surface area contributed by atoms with Crippen LogP contribution in [-0.4, -0.2) is 19.7 Å². The first-order valence-electron chi connectivity index (χ1n) is 6.60. The van der Waals surface area contributed by atoms with Gasteiger partial charge in [-0.15, -0.1) is 16.4 Å². The third-order valence-corrected chi connectivity index (χ3v) is 4.67. The Bertz CT molecular complexity index is 959. The summed E-state index contributed by atoms with van der Waals surface area (Å²) in [4.78, 5) is 5.37. The van der Waals surface area contributed by atoms with Gasteiger partial charge in [-0.3, -0.25) is 0 Å². The quantitative estimate of drug-likeness (QED) is 0.560. The molecule has 6 heteroatoms. The Kier molecular flexibility index (Phi) is 3.20. The van der Waals surface area contributed by atoms with Gasteiger partial charge in [-0.25, -0.2) is 4.52 Å². The summed E-state index contributed by atoms with van der Waals surface area (Å²) >= 11 is 4.99. The molecule has 0 atom stereocenters. The van der Waals surface area contributed by atoms with E-state index in [0.29, 0.717) is 5.82 Å². The summed E-state index contributed by atoms with van der Waals surface area (Å²) in [5.41, 5.74) is 2.89. The maximum absolute atomic E-state index is 9.59. The van der Waals surface area contributed by atoms with Crippen LogP contribution in [0.4, 0.5) is 0 Å². The second-order valence-electron chi connectivity index (χ2n) is 4.81. The zero-order valence-electron chi connectivity index (χ0n) is 11.3. The molecular weight excluding hydrogens is 362 g/mol. The Morgan fingerprint density at radius 2 is 1.86 bits per heavy atom. The molecule has 108 valence electrons. The molecule has 22 heavy (non-hydrogen) atoms. The molecule has 0 bridgehead atoms. The Morgan fingerprint density at radius 3 is 2.64 bits per heavy atom. The van der Waals surface area contributed by atoms with Gasteiger partial charge in [0.05, 0.1) is 5.69 Å². The third kappa shape index (κ3) is 2.30. The molecule has 0 aliphatic carbocycles. The van der Waals surface area contributed by atoms with Crippen LogP contribution < -0.4 is 0 Å². The van der Waals surface area contributed by atoms with E-state index < -0.39 is 0 Å². The largest absolute Gasteiger partial charge is 0.508 e. The van der Waals surface area contributed by atoms with Crippen LogP contribution in [0.2, 0.25) is 0 Å². The summed E-state index contributed by atoms with van der Waals surface area (Å²) in [6.07, 6.45) is 0. The van der Waals surface area contributed by atoms with E-state index in [1.807, 2.05) is 40.2 Å². The van der Waals surface area contributed by atoms with Crippen molar-refractivity contribution in [2.45, 2.75) is 0 Å². The van der Waals surface area contributed by atoms with E-state index in [2.05, 4.69) is 26.0 Å². The molecule has 0 amide bonds. The average molecular weight is 372 g/mol. The number of phenols is 1. The van der Waals surface area contributed by atoms with Crippen LogP contribution in [0.15, 0.2) is 58.4 Å². The van der Waals surface area contributed by atoms with E-state index in [1.54, 1.807) is 29.5 Å². The van der Waals surface area contributed by atoms with Crippen LogP contribution in [-0.2, 0) is 0 Å². The van der Waals surface area contributed by atoms with Crippen LogP contribution in [0.3, 0.4) is 0 Å². The molecule has 0 unspecified atom stereocenters. The Morgan fingerprint density at radius 1 is 1.05 bits per heavy atom. The fourth-order valence-electron chi connectivity index (χ4n) is 2.27. The summed E-state index contributed by atoms with van der Waals surface area (Å²) in [6.45, 7) is 0. The lowest BCUT2D eigenvalue weighted by Crippen LogP contribution is -1.89. The lowest BCUT2D eigenvalue weighted by molar-refractivity contribution is 0.475. The predicted octanol–water partition coefficient (Wildman–Crippen LogP) is 4.59. The molecule has 4 aromatic rings. The lowest BCUT2D eigenvalue weighted by atomic mass is 10.2.